The number of rotatable bonds is 10. The second-order valence-electron chi connectivity index (χ2n) is 7.18. The Bertz CT molecular complexity index is 740. The van der Waals surface area contributed by atoms with Gasteiger partial charge in [0.15, 0.2) is 11.5 Å². The van der Waals surface area contributed by atoms with Gasteiger partial charge >= 0.3 is 0 Å². The largest absolute Gasteiger partial charge is 0.493 e. The zero-order valence-corrected chi connectivity index (χ0v) is 19.5. The van der Waals surface area contributed by atoms with Gasteiger partial charge in [0.25, 0.3) is 0 Å². The van der Waals surface area contributed by atoms with E-state index in [0.29, 0.717) is 6.61 Å². The van der Waals surface area contributed by atoms with Gasteiger partial charge in [0.2, 0.25) is 0 Å². The lowest BCUT2D eigenvalue weighted by atomic mass is 10.1. The summed E-state index contributed by atoms with van der Waals surface area (Å²) in [5.41, 5.74) is 3.63. The molecule has 1 heterocycles. The second-order valence-corrected chi connectivity index (χ2v) is 7.18. The fraction of sp³-hybridized carbons (Fsp3) is 0.478. The normalized spacial score (nSPS) is 13.8. The first-order valence-corrected chi connectivity index (χ1v) is 10.1. The molecule has 5 nitrogen and oxygen atoms in total. The number of halogens is 2. The number of hydrogen-bond donors (Lipinski definition) is 1. The van der Waals surface area contributed by atoms with E-state index in [-0.39, 0.29) is 24.8 Å². The molecule has 1 aliphatic rings. The number of nitrogens with zero attached hydrogens (tertiary/aromatic N) is 1. The molecule has 3 rings (SSSR count). The molecule has 1 aliphatic heterocycles. The van der Waals surface area contributed by atoms with Crippen LogP contribution in [0.3, 0.4) is 0 Å². The van der Waals surface area contributed by atoms with Gasteiger partial charge in [-0.05, 0) is 55.3 Å². The van der Waals surface area contributed by atoms with E-state index >= 15 is 0 Å². The molecule has 0 amide bonds. The van der Waals surface area contributed by atoms with Gasteiger partial charge in [0, 0.05) is 19.6 Å². The van der Waals surface area contributed by atoms with Crippen LogP contribution in [0.1, 0.15) is 23.1 Å². The Morgan fingerprint density at radius 1 is 1.03 bits per heavy atom. The van der Waals surface area contributed by atoms with E-state index in [1.165, 1.54) is 16.7 Å². The topological polar surface area (TPSA) is 43.0 Å². The molecule has 0 aliphatic carbocycles. The van der Waals surface area contributed by atoms with E-state index in [0.717, 1.165) is 63.9 Å². The number of benzene rings is 2. The highest BCUT2D eigenvalue weighted by molar-refractivity contribution is 5.85. The molecule has 168 valence electrons. The lowest BCUT2D eigenvalue weighted by Gasteiger charge is -2.26. The second kappa shape index (κ2) is 14.5. The third-order valence-electron chi connectivity index (χ3n) is 5.13. The maximum Gasteiger partial charge on any atom is 0.161 e. The molecule has 1 N–H and O–H groups in total. The summed E-state index contributed by atoms with van der Waals surface area (Å²) < 4.78 is 16.9. The number of nitrogens with one attached hydrogen (secondary N) is 1. The van der Waals surface area contributed by atoms with Crippen LogP contribution in [0.2, 0.25) is 0 Å². The van der Waals surface area contributed by atoms with E-state index < -0.39 is 0 Å². The van der Waals surface area contributed by atoms with Crippen molar-refractivity contribution in [3.8, 4) is 11.5 Å². The molecular weight excluding hydrogens is 423 g/mol. The molecule has 1 fully saturated rings. The first kappa shape index (κ1) is 26.5. The highest BCUT2D eigenvalue weighted by Gasteiger charge is 2.10. The van der Waals surface area contributed by atoms with Crippen molar-refractivity contribution in [1.82, 2.24) is 10.2 Å². The molecule has 0 aromatic heterocycles. The van der Waals surface area contributed by atoms with Crippen molar-refractivity contribution in [3.05, 3.63) is 59.2 Å². The van der Waals surface area contributed by atoms with Crippen LogP contribution in [0, 0.1) is 6.92 Å². The lowest BCUT2D eigenvalue weighted by molar-refractivity contribution is 0.0374. The van der Waals surface area contributed by atoms with Crippen LogP contribution in [-0.4, -0.2) is 51.4 Å². The van der Waals surface area contributed by atoms with Crippen LogP contribution < -0.4 is 14.8 Å². The Kier molecular flexibility index (Phi) is 12.8. The van der Waals surface area contributed by atoms with Gasteiger partial charge in [-0.3, -0.25) is 4.90 Å². The quantitative estimate of drug-likeness (QED) is 0.541. The van der Waals surface area contributed by atoms with Crippen molar-refractivity contribution >= 4 is 24.8 Å². The summed E-state index contributed by atoms with van der Waals surface area (Å²) in [6, 6.07) is 14.4. The zero-order chi connectivity index (χ0) is 19.6. The molecule has 0 unspecified atom stereocenters. The van der Waals surface area contributed by atoms with E-state index in [2.05, 4.69) is 41.4 Å². The van der Waals surface area contributed by atoms with Crippen LogP contribution in [0.4, 0.5) is 0 Å². The summed E-state index contributed by atoms with van der Waals surface area (Å²) in [6.45, 7) is 9.46. The molecule has 0 saturated carbocycles. The van der Waals surface area contributed by atoms with Crippen LogP contribution in [0.25, 0.3) is 0 Å². The minimum atomic E-state index is 0. The SMILES string of the molecule is COc1cc(CNCCCN2CCOCC2)ccc1OCc1ccccc1C.Cl.Cl. The number of methoxy groups -OCH3 is 1. The van der Waals surface area contributed by atoms with E-state index in [4.69, 9.17) is 14.2 Å². The Morgan fingerprint density at radius 2 is 1.80 bits per heavy atom. The molecule has 0 bridgehead atoms. The Balaban J connectivity index is 0.00000225. The molecule has 7 heteroatoms. The van der Waals surface area contributed by atoms with Gasteiger partial charge in [-0.2, -0.15) is 0 Å². The summed E-state index contributed by atoms with van der Waals surface area (Å²) in [7, 11) is 1.69. The molecule has 0 spiro atoms. The van der Waals surface area contributed by atoms with Crippen molar-refractivity contribution in [3.63, 3.8) is 0 Å². The Labute approximate surface area is 192 Å². The highest BCUT2D eigenvalue weighted by Crippen LogP contribution is 2.29. The first-order valence-electron chi connectivity index (χ1n) is 10.1. The number of hydrogen-bond acceptors (Lipinski definition) is 5. The molecule has 0 radical (unpaired) electrons. The van der Waals surface area contributed by atoms with E-state index in [9.17, 15) is 0 Å². The van der Waals surface area contributed by atoms with Crippen LogP contribution in [0.15, 0.2) is 42.5 Å². The number of morpholine rings is 1. The molecule has 2 aromatic carbocycles. The summed E-state index contributed by atoms with van der Waals surface area (Å²) in [4.78, 5) is 2.47. The van der Waals surface area contributed by atoms with Crippen LogP contribution in [-0.2, 0) is 17.9 Å². The van der Waals surface area contributed by atoms with Crippen molar-refractivity contribution in [2.24, 2.45) is 0 Å². The van der Waals surface area contributed by atoms with E-state index in [1.807, 2.05) is 18.2 Å². The lowest BCUT2D eigenvalue weighted by Crippen LogP contribution is -2.37. The molecule has 30 heavy (non-hydrogen) atoms. The fourth-order valence-corrected chi connectivity index (χ4v) is 3.35. The summed E-state index contributed by atoms with van der Waals surface area (Å²) >= 11 is 0. The zero-order valence-electron chi connectivity index (χ0n) is 17.9. The van der Waals surface area contributed by atoms with Gasteiger partial charge in [0.05, 0.1) is 20.3 Å². The van der Waals surface area contributed by atoms with Crippen molar-refractivity contribution in [2.45, 2.75) is 26.5 Å². The smallest absolute Gasteiger partial charge is 0.161 e. The third kappa shape index (κ3) is 8.32. The average molecular weight is 457 g/mol. The maximum atomic E-state index is 6.00. The molecule has 2 aromatic rings. The van der Waals surface area contributed by atoms with Crippen molar-refractivity contribution < 1.29 is 14.2 Å². The predicted molar refractivity (Wildman–Crippen MR) is 127 cm³/mol. The van der Waals surface area contributed by atoms with Gasteiger partial charge < -0.3 is 19.5 Å². The summed E-state index contributed by atoms with van der Waals surface area (Å²) in [6.07, 6.45) is 1.15. The van der Waals surface area contributed by atoms with Crippen LogP contribution in [0.5, 0.6) is 11.5 Å². The predicted octanol–water partition coefficient (Wildman–Crippen LogP) is 4.24. The van der Waals surface area contributed by atoms with Crippen molar-refractivity contribution in [2.75, 3.05) is 46.5 Å². The fourth-order valence-electron chi connectivity index (χ4n) is 3.35. The average Bonchev–Trinajstić information content (AvgIpc) is 2.74. The summed E-state index contributed by atoms with van der Waals surface area (Å²) in [5, 5.41) is 3.52. The Morgan fingerprint density at radius 3 is 2.53 bits per heavy atom. The molecule has 1 saturated heterocycles. The minimum Gasteiger partial charge on any atom is -0.493 e. The molecule has 0 atom stereocenters. The number of aryl methyl sites for hydroxylation is 1. The first-order chi connectivity index (χ1) is 13.8. The third-order valence-corrected chi connectivity index (χ3v) is 5.13. The van der Waals surface area contributed by atoms with Crippen molar-refractivity contribution in [1.29, 1.82) is 0 Å². The monoisotopic (exact) mass is 456 g/mol. The van der Waals surface area contributed by atoms with Gasteiger partial charge in [-0.15, -0.1) is 24.8 Å². The minimum absolute atomic E-state index is 0. The molecular formula is C23H34Cl2N2O3. The number of ether oxygens (including phenoxy) is 3. The summed E-state index contributed by atoms with van der Waals surface area (Å²) in [5.74, 6) is 1.56. The maximum absolute atomic E-state index is 6.00. The van der Waals surface area contributed by atoms with Crippen LogP contribution >= 0.6 is 24.8 Å². The van der Waals surface area contributed by atoms with Gasteiger partial charge in [-0.1, -0.05) is 30.3 Å². The van der Waals surface area contributed by atoms with Gasteiger partial charge in [-0.25, -0.2) is 0 Å². The van der Waals surface area contributed by atoms with Gasteiger partial charge in [0.1, 0.15) is 6.61 Å². The van der Waals surface area contributed by atoms with E-state index in [1.54, 1.807) is 7.11 Å². The highest BCUT2D eigenvalue weighted by atomic mass is 35.5. The standard InChI is InChI=1S/C23H32N2O3.2ClH/c1-19-6-3-4-7-21(19)18-28-22-9-8-20(16-23(22)26-2)17-24-10-5-11-25-12-14-27-15-13-25;;/h3-4,6-9,16,24H,5,10-15,17-18H2,1-2H3;2*1H. The Hall–Kier alpha value is -1.50.